The number of thiophene rings is 1. The average molecular weight is 479 g/mol. The van der Waals surface area contributed by atoms with Gasteiger partial charge in [0.1, 0.15) is 4.21 Å². The number of carbonyl (C=O) groups is 1. The van der Waals surface area contributed by atoms with Crippen LogP contribution in [0.15, 0.2) is 75.1 Å². The molecule has 1 atom stereocenters. The van der Waals surface area contributed by atoms with Crippen LogP contribution in [0.5, 0.6) is 0 Å². The van der Waals surface area contributed by atoms with Crippen LogP contribution in [0.3, 0.4) is 0 Å². The Morgan fingerprint density at radius 1 is 0.968 bits per heavy atom. The third-order valence-electron chi connectivity index (χ3n) is 4.76. The second kappa shape index (κ2) is 8.81. The minimum absolute atomic E-state index is 0.215. The molecule has 2 aromatic carbocycles. The number of sulfone groups is 1. The highest BCUT2D eigenvalue weighted by atomic mass is 32.2. The Balaban J connectivity index is 1.70. The van der Waals surface area contributed by atoms with E-state index in [4.69, 9.17) is 0 Å². The van der Waals surface area contributed by atoms with Crippen LogP contribution in [0, 0.1) is 0 Å². The van der Waals surface area contributed by atoms with Crippen molar-refractivity contribution in [3.8, 4) is 0 Å². The molecule has 0 aliphatic carbocycles. The lowest BCUT2D eigenvalue weighted by atomic mass is 10.1. The number of rotatable bonds is 7. The molecule has 0 bridgehead atoms. The molecule has 3 aromatic rings. The van der Waals surface area contributed by atoms with Gasteiger partial charge in [0.05, 0.1) is 16.6 Å². The van der Waals surface area contributed by atoms with Crippen molar-refractivity contribution in [3.05, 3.63) is 77.2 Å². The van der Waals surface area contributed by atoms with Crippen molar-refractivity contribution >= 4 is 42.8 Å². The molecule has 0 fully saturated rings. The highest BCUT2D eigenvalue weighted by Crippen LogP contribution is 2.25. The molecule has 31 heavy (non-hydrogen) atoms. The van der Waals surface area contributed by atoms with Crippen molar-refractivity contribution in [1.82, 2.24) is 5.32 Å². The summed E-state index contributed by atoms with van der Waals surface area (Å²) in [5.74, 6) is -0.324. The first kappa shape index (κ1) is 23.0. The topological polar surface area (TPSA) is 101 Å². The van der Waals surface area contributed by atoms with Gasteiger partial charge in [-0.2, -0.15) is 0 Å². The van der Waals surface area contributed by atoms with E-state index in [-0.39, 0.29) is 21.1 Å². The molecule has 0 saturated heterocycles. The smallest absolute Gasteiger partial charge is 0.273 e. The fourth-order valence-corrected chi connectivity index (χ4v) is 5.86. The van der Waals surface area contributed by atoms with Crippen LogP contribution >= 0.6 is 11.3 Å². The minimum Gasteiger partial charge on any atom is -0.346 e. The fourth-order valence-electron chi connectivity index (χ4n) is 2.87. The largest absolute Gasteiger partial charge is 0.346 e. The molecule has 164 valence electrons. The Bertz CT molecular complexity index is 1270. The van der Waals surface area contributed by atoms with Crippen LogP contribution in [0.4, 0.5) is 5.69 Å². The number of hydrogen-bond acceptors (Lipinski definition) is 6. The third kappa shape index (κ3) is 5.15. The zero-order valence-electron chi connectivity index (χ0n) is 17.1. The van der Waals surface area contributed by atoms with Crippen LogP contribution in [0.1, 0.15) is 28.9 Å². The van der Waals surface area contributed by atoms with E-state index < -0.39 is 19.9 Å². The molecule has 7 nitrogen and oxygen atoms in total. The number of sulfonamides is 1. The summed E-state index contributed by atoms with van der Waals surface area (Å²) < 4.78 is 49.8. The predicted octanol–water partition coefficient (Wildman–Crippen LogP) is 3.47. The first-order chi connectivity index (χ1) is 14.5. The van der Waals surface area contributed by atoms with Crippen molar-refractivity contribution in [3.63, 3.8) is 0 Å². The molecule has 0 spiro atoms. The third-order valence-corrected chi connectivity index (χ3v) is 9.05. The molecule has 0 saturated carbocycles. The van der Waals surface area contributed by atoms with Gasteiger partial charge in [-0.05, 0) is 60.3 Å². The normalized spacial score (nSPS) is 12.9. The highest BCUT2D eigenvalue weighted by molar-refractivity contribution is 7.94. The summed E-state index contributed by atoms with van der Waals surface area (Å²) in [6.07, 6.45) is 1.14. The minimum atomic E-state index is -3.64. The summed E-state index contributed by atoms with van der Waals surface area (Å²) in [6.45, 7) is 1.79. The molecule has 3 rings (SSSR count). The molecule has 0 aliphatic heterocycles. The molecule has 1 aromatic heterocycles. The van der Waals surface area contributed by atoms with Crippen molar-refractivity contribution in [2.45, 2.75) is 22.1 Å². The van der Waals surface area contributed by atoms with Gasteiger partial charge in [0.25, 0.3) is 15.9 Å². The van der Waals surface area contributed by atoms with Crippen molar-refractivity contribution < 1.29 is 21.6 Å². The van der Waals surface area contributed by atoms with Gasteiger partial charge in [0.15, 0.2) is 9.84 Å². The molecule has 1 amide bonds. The Labute approximate surface area is 186 Å². The van der Waals surface area contributed by atoms with E-state index in [0.29, 0.717) is 11.3 Å². The number of hydrogen-bond donors (Lipinski definition) is 1. The van der Waals surface area contributed by atoms with Crippen LogP contribution in [-0.2, 0) is 19.9 Å². The van der Waals surface area contributed by atoms with E-state index >= 15 is 0 Å². The van der Waals surface area contributed by atoms with Gasteiger partial charge in [-0.1, -0.05) is 18.2 Å². The van der Waals surface area contributed by atoms with E-state index in [1.165, 1.54) is 23.5 Å². The maximum absolute atomic E-state index is 12.6. The molecule has 1 N–H and O–H groups in total. The maximum atomic E-state index is 12.6. The molecule has 0 aliphatic rings. The van der Waals surface area contributed by atoms with E-state index in [2.05, 4.69) is 5.32 Å². The van der Waals surface area contributed by atoms with Crippen LogP contribution < -0.4 is 9.62 Å². The molecule has 1 heterocycles. The second-order valence-corrected chi connectivity index (χ2v) is 12.1. The summed E-state index contributed by atoms with van der Waals surface area (Å²) in [6, 6.07) is 15.5. The Hall–Kier alpha value is -2.69. The van der Waals surface area contributed by atoms with E-state index in [1.807, 2.05) is 0 Å². The van der Waals surface area contributed by atoms with Gasteiger partial charge >= 0.3 is 0 Å². The fraction of sp³-hybridized carbons (Fsp3) is 0.190. The van der Waals surface area contributed by atoms with Gasteiger partial charge in [-0.25, -0.2) is 16.8 Å². The molecule has 0 unspecified atom stereocenters. The molecule has 0 radical (unpaired) electrons. The van der Waals surface area contributed by atoms with Gasteiger partial charge < -0.3 is 5.32 Å². The highest BCUT2D eigenvalue weighted by Gasteiger charge is 2.22. The van der Waals surface area contributed by atoms with Gasteiger partial charge in [-0.15, -0.1) is 11.3 Å². The van der Waals surface area contributed by atoms with Crippen LogP contribution in [0.2, 0.25) is 0 Å². The summed E-state index contributed by atoms with van der Waals surface area (Å²) in [4.78, 5) is 12.8. The number of amides is 1. The second-order valence-electron chi connectivity index (χ2n) is 6.99. The monoisotopic (exact) mass is 478 g/mol. The number of nitrogens with one attached hydrogen (secondary N) is 1. The number of nitrogens with zero attached hydrogens (tertiary/aromatic N) is 1. The first-order valence-electron chi connectivity index (χ1n) is 9.23. The number of anilines is 1. The Morgan fingerprint density at radius 2 is 1.58 bits per heavy atom. The summed E-state index contributed by atoms with van der Waals surface area (Å²) >= 11 is 1.14. The number of benzene rings is 2. The summed E-state index contributed by atoms with van der Waals surface area (Å²) in [5.41, 5.74) is 1.58. The van der Waals surface area contributed by atoms with Gasteiger partial charge in [0, 0.05) is 18.9 Å². The quantitative estimate of drug-likeness (QED) is 0.560. The zero-order chi connectivity index (χ0) is 22.8. The summed E-state index contributed by atoms with van der Waals surface area (Å²) in [7, 11) is -5.46. The first-order valence-corrected chi connectivity index (χ1v) is 13.4. The Morgan fingerprint density at radius 3 is 2.10 bits per heavy atom. The standard InChI is InChI=1S/C21H22N2O5S3/c1-15(16-8-12-19(13-9-16)30(3,25)26)22-21(24)17-6-10-18(11-7-17)23(2)31(27,28)20-5-4-14-29-20/h4-15H,1-3H3,(H,22,24)/t15-/m0/s1. The van der Waals surface area contributed by atoms with Crippen molar-refractivity contribution in [2.24, 2.45) is 0 Å². The van der Waals surface area contributed by atoms with Gasteiger partial charge in [0.2, 0.25) is 0 Å². The van der Waals surface area contributed by atoms with Crippen LogP contribution in [-0.4, -0.2) is 36.0 Å². The zero-order valence-corrected chi connectivity index (χ0v) is 19.6. The lowest BCUT2D eigenvalue weighted by Crippen LogP contribution is -2.27. The predicted molar refractivity (Wildman–Crippen MR) is 122 cm³/mol. The van der Waals surface area contributed by atoms with Crippen LogP contribution in [0.25, 0.3) is 0 Å². The Kier molecular flexibility index (Phi) is 6.54. The van der Waals surface area contributed by atoms with Crippen molar-refractivity contribution in [1.29, 1.82) is 0 Å². The molecular weight excluding hydrogens is 456 g/mol. The maximum Gasteiger partial charge on any atom is 0.273 e. The molecular formula is C21H22N2O5S3. The lowest BCUT2D eigenvalue weighted by molar-refractivity contribution is 0.0940. The van der Waals surface area contributed by atoms with E-state index in [9.17, 15) is 21.6 Å². The SMILES string of the molecule is C[C@H](NC(=O)c1ccc(N(C)S(=O)(=O)c2cccs2)cc1)c1ccc(S(C)(=O)=O)cc1. The molecule has 10 heteroatoms. The number of carbonyl (C=O) groups excluding carboxylic acids is 1. The van der Waals surface area contributed by atoms with E-state index in [1.54, 1.807) is 60.8 Å². The summed E-state index contributed by atoms with van der Waals surface area (Å²) in [5, 5.41) is 4.55. The van der Waals surface area contributed by atoms with Crippen molar-refractivity contribution in [2.75, 3.05) is 17.6 Å². The van der Waals surface area contributed by atoms with Gasteiger partial charge in [-0.3, -0.25) is 9.10 Å². The average Bonchev–Trinajstić information content (AvgIpc) is 3.28. The van der Waals surface area contributed by atoms with E-state index in [0.717, 1.165) is 23.2 Å². The lowest BCUT2D eigenvalue weighted by Gasteiger charge is -2.19.